The molecule has 1 rings (SSSR count). The van der Waals surface area contributed by atoms with Crippen LogP contribution in [0, 0.1) is 0 Å². The molecule has 0 N–H and O–H groups in total. The van der Waals surface area contributed by atoms with Crippen LogP contribution in [0.1, 0.15) is 59.4 Å². The van der Waals surface area contributed by atoms with Gasteiger partial charge in [0.15, 0.2) is 11.6 Å². The third-order valence-electron chi connectivity index (χ3n) is 5.20. The van der Waals surface area contributed by atoms with Crippen LogP contribution >= 0.6 is 0 Å². The molecule has 0 aliphatic heterocycles. The molecule has 0 heterocycles. The Labute approximate surface area is 221 Å². The SMILES string of the molecule is C=C(C)C(=O)OCCOC(C)(C)OCCCCCOC(C)(Cc1ccccc1)OCCOC(=O)C(=C)C. The lowest BCUT2D eigenvalue weighted by atomic mass is 10.1. The van der Waals surface area contributed by atoms with Crippen LogP contribution in [0.5, 0.6) is 0 Å². The predicted octanol–water partition coefficient (Wildman–Crippen LogP) is 5.16. The van der Waals surface area contributed by atoms with E-state index in [-0.39, 0.29) is 26.4 Å². The zero-order chi connectivity index (χ0) is 27.7. The molecular weight excluding hydrogens is 476 g/mol. The largest absolute Gasteiger partial charge is 0.460 e. The minimum atomic E-state index is -0.850. The molecule has 0 aromatic heterocycles. The Kier molecular flexibility index (Phi) is 15.0. The number of hydrogen-bond donors (Lipinski definition) is 0. The molecule has 0 bridgehead atoms. The molecule has 37 heavy (non-hydrogen) atoms. The van der Waals surface area contributed by atoms with Crippen molar-refractivity contribution in [3.05, 3.63) is 60.2 Å². The van der Waals surface area contributed by atoms with E-state index in [4.69, 9.17) is 28.4 Å². The van der Waals surface area contributed by atoms with Gasteiger partial charge in [-0.05, 0) is 59.4 Å². The van der Waals surface area contributed by atoms with Crippen LogP contribution in [0.25, 0.3) is 0 Å². The number of hydrogen-bond acceptors (Lipinski definition) is 8. The maximum Gasteiger partial charge on any atom is 0.333 e. The summed E-state index contributed by atoms with van der Waals surface area (Å²) < 4.78 is 33.8. The second-order valence-corrected chi connectivity index (χ2v) is 9.48. The first-order chi connectivity index (χ1) is 17.4. The van der Waals surface area contributed by atoms with E-state index in [2.05, 4.69) is 13.2 Å². The Morgan fingerprint density at radius 3 is 1.68 bits per heavy atom. The van der Waals surface area contributed by atoms with Gasteiger partial charge < -0.3 is 28.4 Å². The Bertz CT molecular complexity index is 849. The number of carbonyl (C=O) groups excluding carboxylic acids is 2. The maximum atomic E-state index is 11.6. The zero-order valence-corrected chi connectivity index (χ0v) is 23.1. The highest BCUT2D eigenvalue weighted by Gasteiger charge is 2.26. The third kappa shape index (κ3) is 15.4. The quantitative estimate of drug-likeness (QED) is 0.101. The van der Waals surface area contributed by atoms with Crippen molar-refractivity contribution in [3.8, 4) is 0 Å². The van der Waals surface area contributed by atoms with E-state index >= 15 is 0 Å². The molecule has 1 aromatic rings. The molecule has 0 aliphatic carbocycles. The summed E-state index contributed by atoms with van der Waals surface area (Å²) in [5, 5.41) is 0. The van der Waals surface area contributed by atoms with Crippen LogP contribution in [0.15, 0.2) is 54.6 Å². The summed E-state index contributed by atoms with van der Waals surface area (Å²) in [6.07, 6.45) is 3.15. The second kappa shape index (κ2) is 17.1. The number of rotatable bonds is 20. The molecule has 0 fully saturated rings. The summed E-state index contributed by atoms with van der Waals surface area (Å²) in [5.74, 6) is -2.49. The lowest BCUT2D eigenvalue weighted by Crippen LogP contribution is -2.36. The third-order valence-corrected chi connectivity index (χ3v) is 5.20. The summed E-state index contributed by atoms with van der Waals surface area (Å²) in [6, 6.07) is 9.97. The van der Waals surface area contributed by atoms with Gasteiger partial charge in [-0.15, -0.1) is 0 Å². The predicted molar refractivity (Wildman–Crippen MR) is 142 cm³/mol. The fourth-order valence-corrected chi connectivity index (χ4v) is 3.20. The Hall–Kier alpha value is -2.52. The molecule has 0 radical (unpaired) electrons. The van der Waals surface area contributed by atoms with Gasteiger partial charge in [0.05, 0.1) is 19.8 Å². The minimum absolute atomic E-state index is 0.130. The summed E-state index contributed by atoms with van der Waals surface area (Å²) in [6.45, 7) is 17.7. The van der Waals surface area contributed by atoms with Gasteiger partial charge in [-0.25, -0.2) is 9.59 Å². The van der Waals surface area contributed by atoms with Crippen LogP contribution in [0.4, 0.5) is 0 Å². The molecule has 1 atom stereocenters. The number of esters is 2. The van der Waals surface area contributed by atoms with Crippen molar-refractivity contribution in [3.63, 3.8) is 0 Å². The standard InChI is InChI=1S/C29H44O8/c1-23(2)26(30)32-18-20-35-28(5,6)34-16-12-9-13-17-36-29(7,22-25-14-10-8-11-15-25)37-21-19-33-27(31)24(3)4/h8,10-11,14-15H,1,3,9,12-13,16-22H2,2,4-7H3. The molecule has 208 valence electrons. The van der Waals surface area contributed by atoms with E-state index in [1.54, 1.807) is 13.8 Å². The van der Waals surface area contributed by atoms with Gasteiger partial charge in [0.25, 0.3) is 0 Å². The normalized spacial score (nSPS) is 13.0. The molecule has 0 saturated heterocycles. The van der Waals surface area contributed by atoms with Crippen molar-refractivity contribution in [2.45, 2.75) is 71.9 Å². The minimum Gasteiger partial charge on any atom is -0.460 e. The fourth-order valence-electron chi connectivity index (χ4n) is 3.20. The smallest absolute Gasteiger partial charge is 0.333 e. The number of carbonyl (C=O) groups is 2. The Morgan fingerprint density at radius 1 is 0.676 bits per heavy atom. The van der Waals surface area contributed by atoms with Crippen molar-refractivity contribution in [1.29, 1.82) is 0 Å². The highest BCUT2D eigenvalue weighted by molar-refractivity contribution is 5.87. The molecule has 8 heteroatoms. The van der Waals surface area contributed by atoms with E-state index in [1.165, 1.54) is 0 Å². The topological polar surface area (TPSA) is 89.5 Å². The van der Waals surface area contributed by atoms with Gasteiger partial charge in [0, 0.05) is 24.2 Å². The first kappa shape index (κ1) is 32.5. The van der Waals surface area contributed by atoms with E-state index < -0.39 is 23.5 Å². The van der Waals surface area contributed by atoms with Crippen molar-refractivity contribution in [2.24, 2.45) is 0 Å². The van der Waals surface area contributed by atoms with Crippen LogP contribution < -0.4 is 0 Å². The molecule has 0 amide bonds. The highest BCUT2D eigenvalue weighted by atomic mass is 16.7. The maximum absolute atomic E-state index is 11.6. The number of benzene rings is 1. The number of ether oxygens (including phenoxy) is 6. The highest BCUT2D eigenvalue weighted by Crippen LogP contribution is 2.21. The molecule has 8 nitrogen and oxygen atoms in total. The molecule has 0 spiro atoms. The summed E-state index contributed by atoms with van der Waals surface area (Å²) in [5.41, 5.74) is 1.80. The molecule has 1 unspecified atom stereocenters. The Morgan fingerprint density at radius 2 is 1.14 bits per heavy atom. The van der Waals surface area contributed by atoms with Crippen LogP contribution in [-0.4, -0.2) is 63.2 Å². The van der Waals surface area contributed by atoms with E-state index in [0.717, 1.165) is 24.8 Å². The molecule has 1 aromatic carbocycles. The Balaban J connectivity index is 2.34. The zero-order valence-electron chi connectivity index (χ0n) is 23.1. The lowest BCUT2D eigenvalue weighted by molar-refractivity contribution is -0.230. The van der Waals surface area contributed by atoms with Crippen LogP contribution in [0.2, 0.25) is 0 Å². The summed E-state index contributed by atoms with van der Waals surface area (Å²) >= 11 is 0. The van der Waals surface area contributed by atoms with Gasteiger partial charge in [0.2, 0.25) is 0 Å². The fraction of sp³-hybridized carbons (Fsp3) is 0.586. The van der Waals surface area contributed by atoms with Crippen LogP contribution in [0.3, 0.4) is 0 Å². The van der Waals surface area contributed by atoms with Gasteiger partial charge >= 0.3 is 11.9 Å². The van der Waals surface area contributed by atoms with Crippen molar-refractivity contribution in [1.82, 2.24) is 0 Å². The lowest BCUT2D eigenvalue weighted by Gasteiger charge is -2.30. The first-order valence-corrected chi connectivity index (χ1v) is 12.7. The molecular formula is C29H44O8. The molecule has 0 saturated carbocycles. The average Bonchev–Trinajstić information content (AvgIpc) is 2.84. The molecule has 0 aliphatic rings. The van der Waals surface area contributed by atoms with E-state index in [1.807, 2.05) is 51.1 Å². The van der Waals surface area contributed by atoms with Crippen LogP contribution in [-0.2, 0) is 44.4 Å². The first-order valence-electron chi connectivity index (χ1n) is 12.7. The van der Waals surface area contributed by atoms with Gasteiger partial charge in [0.1, 0.15) is 13.2 Å². The number of unbranched alkanes of at least 4 members (excludes halogenated alkanes) is 2. The van der Waals surface area contributed by atoms with E-state index in [9.17, 15) is 9.59 Å². The van der Waals surface area contributed by atoms with Gasteiger partial charge in [-0.2, -0.15) is 0 Å². The van der Waals surface area contributed by atoms with E-state index in [0.29, 0.717) is 30.8 Å². The van der Waals surface area contributed by atoms with Crippen molar-refractivity contribution >= 4 is 11.9 Å². The van der Waals surface area contributed by atoms with Crippen molar-refractivity contribution in [2.75, 3.05) is 39.6 Å². The monoisotopic (exact) mass is 520 g/mol. The average molecular weight is 521 g/mol. The summed E-state index contributed by atoms with van der Waals surface area (Å²) in [7, 11) is 0. The van der Waals surface area contributed by atoms with Crippen molar-refractivity contribution < 1.29 is 38.0 Å². The second-order valence-electron chi connectivity index (χ2n) is 9.48. The summed E-state index contributed by atoms with van der Waals surface area (Å²) in [4.78, 5) is 23.0. The van der Waals surface area contributed by atoms with Gasteiger partial charge in [-0.3, -0.25) is 0 Å². The van der Waals surface area contributed by atoms with Gasteiger partial charge in [-0.1, -0.05) is 43.5 Å².